The third-order valence-corrected chi connectivity index (χ3v) is 5.93. The molecule has 29 heavy (non-hydrogen) atoms. The lowest BCUT2D eigenvalue weighted by atomic mass is 9.86. The van der Waals surface area contributed by atoms with Gasteiger partial charge in [-0.1, -0.05) is 70.9 Å². The van der Waals surface area contributed by atoms with Crippen molar-refractivity contribution in [1.82, 2.24) is 9.97 Å². The van der Waals surface area contributed by atoms with E-state index in [0.717, 1.165) is 43.5 Å². The molecule has 1 aliphatic rings. The molecule has 0 saturated heterocycles. The van der Waals surface area contributed by atoms with E-state index in [-0.39, 0.29) is 0 Å². The van der Waals surface area contributed by atoms with Gasteiger partial charge < -0.3 is 0 Å². The van der Waals surface area contributed by atoms with Crippen LogP contribution in [0.15, 0.2) is 47.8 Å². The Bertz CT molecular complexity index is 885. The van der Waals surface area contributed by atoms with Crippen molar-refractivity contribution in [2.75, 3.05) is 0 Å². The summed E-state index contributed by atoms with van der Waals surface area (Å²) in [5.74, 6) is 1.61. The van der Waals surface area contributed by atoms with Crippen LogP contribution in [-0.4, -0.2) is 9.97 Å². The molecule has 0 aliphatic heterocycles. The minimum absolute atomic E-state index is 0.716. The zero-order chi connectivity index (χ0) is 20.8. The van der Waals surface area contributed by atoms with Gasteiger partial charge in [0.15, 0.2) is 5.82 Å². The van der Waals surface area contributed by atoms with Gasteiger partial charge in [-0.2, -0.15) is 0 Å². The maximum Gasteiger partial charge on any atom is 0.155 e. The van der Waals surface area contributed by atoms with Crippen molar-refractivity contribution in [3.8, 4) is 11.1 Å². The van der Waals surface area contributed by atoms with Gasteiger partial charge in [0.25, 0.3) is 0 Å². The highest BCUT2D eigenvalue weighted by Gasteiger charge is 2.17. The number of benzene rings is 1. The molecule has 0 fully saturated rings. The van der Waals surface area contributed by atoms with E-state index < -0.39 is 0 Å². The van der Waals surface area contributed by atoms with Gasteiger partial charge in [-0.15, -0.1) is 0 Å². The first-order valence-electron chi connectivity index (χ1n) is 11.4. The maximum atomic E-state index is 4.78. The first kappa shape index (κ1) is 21.5. The van der Waals surface area contributed by atoms with Gasteiger partial charge in [-0.25, -0.2) is 9.97 Å². The molecule has 0 saturated carbocycles. The first-order chi connectivity index (χ1) is 14.1. The number of allylic oxidation sites excluding steroid dienone is 4. The highest BCUT2D eigenvalue weighted by atomic mass is 14.9. The van der Waals surface area contributed by atoms with Crippen LogP contribution in [0.4, 0.5) is 0 Å². The Morgan fingerprint density at radius 2 is 1.72 bits per heavy atom. The van der Waals surface area contributed by atoms with E-state index in [0.29, 0.717) is 5.92 Å². The van der Waals surface area contributed by atoms with Crippen LogP contribution in [0.1, 0.15) is 83.7 Å². The zero-order valence-electron chi connectivity index (χ0n) is 18.9. The standard InChI is InChI=1S/C27H36N2/c1-6-10-21-11-9-12-26(25(21)8-3)24-17-28-27(29-18-24)23-14-13-22(15-19(4)5)20(7-2)16-23/h9,11-12,16-19H,6-8,10,13-15H2,1-5H3. The van der Waals surface area contributed by atoms with Crippen LogP contribution in [0.5, 0.6) is 0 Å². The van der Waals surface area contributed by atoms with Crippen molar-refractivity contribution in [1.29, 1.82) is 0 Å². The Kier molecular flexibility index (Phi) is 7.41. The second kappa shape index (κ2) is 10.0. The number of nitrogens with zero attached hydrogens (tertiary/aromatic N) is 2. The summed E-state index contributed by atoms with van der Waals surface area (Å²) in [7, 11) is 0. The molecule has 1 aliphatic carbocycles. The number of aromatic nitrogens is 2. The minimum Gasteiger partial charge on any atom is -0.236 e. The van der Waals surface area contributed by atoms with Gasteiger partial charge in [0.2, 0.25) is 0 Å². The molecule has 0 spiro atoms. The molecule has 1 aromatic heterocycles. The zero-order valence-corrected chi connectivity index (χ0v) is 18.9. The van der Waals surface area contributed by atoms with Gasteiger partial charge in [-0.3, -0.25) is 0 Å². The summed E-state index contributed by atoms with van der Waals surface area (Å²) >= 11 is 0. The molecular weight excluding hydrogens is 352 g/mol. The van der Waals surface area contributed by atoms with Gasteiger partial charge in [0.1, 0.15) is 0 Å². The van der Waals surface area contributed by atoms with Crippen molar-refractivity contribution in [3.05, 3.63) is 64.8 Å². The lowest BCUT2D eigenvalue weighted by molar-refractivity contribution is 0.618. The van der Waals surface area contributed by atoms with E-state index in [1.54, 1.807) is 5.57 Å². The van der Waals surface area contributed by atoms with E-state index in [1.807, 2.05) is 12.4 Å². The second-order valence-electron chi connectivity index (χ2n) is 8.59. The van der Waals surface area contributed by atoms with Crippen LogP contribution in [0.3, 0.4) is 0 Å². The van der Waals surface area contributed by atoms with E-state index in [1.165, 1.54) is 40.7 Å². The summed E-state index contributed by atoms with van der Waals surface area (Å²) in [6.45, 7) is 11.4. The van der Waals surface area contributed by atoms with Gasteiger partial charge in [-0.05, 0) is 72.3 Å². The molecular formula is C27H36N2. The van der Waals surface area contributed by atoms with E-state index in [9.17, 15) is 0 Å². The van der Waals surface area contributed by atoms with Crippen molar-refractivity contribution in [2.45, 2.75) is 79.6 Å². The van der Waals surface area contributed by atoms with E-state index >= 15 is 0 Å². The third kappa shape index (κ3) is 5.04. The average molecular weight is 389 g/mol. The van der Waals surface area contributed by atoms with Crippen LogP contribution in [-0.2, 0) is 12.8 Å². The van der Waals surface area contributed by atoms with Gasteiger partial charge >= 0.3 is 0 Å². The Morgan fingerprint density at radius 1 is 0.966 bits per heavy atom. The second-order valence-corrected chi connectivity index (χ2v) is 8.59. The number of rotatable bonds is 8. The van der Waals surface area contributed by atoms with Crippen molar-refractivity contribution in [2.24, 2.45) is 5.92 Å². The average Bonchev–Trinajstić information content (AvgIpc) is 2.74. The van der Waals surface area contributed by atoms with Crippen LogP contribution >= 0.6 is 0 Å². The van der Waals surface area contributed by atoms with E-state index in [4.69, 9.17) is 9.97 Å². The summed E-state index contributed by atoms with van der Waals surface area (Å²) in [5.41, 5.74) is 9.73. The highest BCUT2D eigenvalue weighted by Crippen LogP contribution is 2.34. The SMILES string of the molecule is CCCc1cccc(-c2cnc(C3=CC(CC)=C(CC(C)C)CC3)nc2)c1CC. The smallest absolute Gasteiger partial charge is 0.155 e. The summed E-state index contributed by atoms with van der Waals surface area (Å²) in [6, 6.07) is 6.65. The highest BCUT2D eigenvalue weighted by molar-refractivity contribution is 5.70. The fourth-order valence-corrected chi connectivity index (χ4v) is 4.54. The Balaban J connectivity index is 1.89. The molecule has 0 atom stereocenters. The summed E-state index contributed by atoms with van der Waals surface area (Å²) in [4.78, 5) is 9.57. The van der Waals surface area contributed by atoms with Gasteiger partial charge in [0.05, 0.1) is 0 Å². The topological polar surface area (TPSA) is 25.8 Å². The van der Waals surface area contributed by atoms with Crippen molar-refractivity contribution in [3.63, 3.8) is 0 Å². The Morgan fingerprint density at radius 3 is 2.34 bits per heavy atom. The van der Waals surface area contributed by atoms with Crippen LogP contribution in [0, 0.1) is 5.92 Å². The molecule has 0 unspecified atom stereocenters. The maximum absolute atomic E-state index is 4.78. The van der Waals surface area contributed by atoms with Crippen LogP contribution in [0.25, 0.3) is 16.7 Å². The summed E-state index contributed by atoms with van der Waals surface area (Å²) < 4.78 is 0. The number of hydrogen-bond acceptors (Lipinski definition) is 2. The number of hydrogen-bond donors (Lipinski definition) is 0. The van der Waals surface area contributed by atoms with E-state index in [2.05, 4.69) is 58.9 Å². The molecule has 0 N–H and O–H groups in total. The molecule has 1 heterocycles. The monoisotopic (exact) mass is 388 g/mol. The largest absolute Gasteiger partial charge is 0.236 e. The van der Waals surface area contributed by atoms with Gasteiger partial charge in [0, 0.05) is 18.0 Å². The molecule has 2 heteroatoms. The normalized spacial score (nSPS) is 14.5. The predicted octanol–water partition coefficient (Wildman–Crippen LogP) is 7.59. The number of aryl methyl sites for hydroxylation is 1. The summed E-state index contributed by atoms with van der Waals surface area (Å²) in [6.07, 6.45) is 14.2. The first-order valence-corrected chi connectivity index (χ1v) is 11.4. The summed E-state index contributed by atoms with van der Waals surface area (Å²) in [5, 5.41) is 0. The lowest BCUT2D eigenvalue weighted by Gasteiger charge is -2.21. The molecule has 2 aromatic rings. The molecule has 0 radical (unpaired) electrons. The molecule has 2 nitrogen and oxygen atoms in total. The molecule has 1 aromatic carbocycles. The van der Waals surface area contributed by atoms with Crippen LogP contribution < -0.4 is 0 Å². The molecule has 3 rings (SSSR count). The quantitative estimate of drug-likeness (QED) is 0.465. The molecule has 0 amide bonds. The lowest BCUT2D eigenvalue weighted by Crippen LogP contribution is -2.04. The Hall–Kier alpha value is -2.22. The predicted molar refractivity (Wildman–Crippen MR) is 125 cm³/mol. The molecule has 154 valence electrons. The van der Waals surface area contributed by atoms with Crippen LogP contribution in [0.2, 0.25) is 0 Å². The van der Waals surface area contributed by atoms with Crippen molar-refractivity contribution < 1.29 is 0 Å². The fraction of sp³-hybridized carbons (Fsp3) is 0.481. The molecule has 0 bridgehead atoms. The van der Waals surface area contributed by atoms with Crippen molar-refractivity contribution >= 4 is 5.57 Å². The fourth-order valence-electron chi connectivity index (χ4n) is 4.54. The Labute approximate surface area is 177 Å². The third-order valence-electron chi connectivity index (χ3n) is 5.93. The minimum atomic E-state index is 0.716.